The first kappa shape index (κ1) is 27.3. The summed E-state index contributed by atoms with van der Waals surface area (Å²) in [6.07, 6.45) is 3.43. The van der Waals surface area contributed by atoms with Gasteiger partial charge in [0.25, 0.3) is 0 Å². The minimum atomic E-state index is -3.57. The lowest BCUT2D eigenvalue weighted by atomic mass is 9.92. The van der Waals surface area contributed by atoms with E-state index < -0.39 is 10.0 Å². The zero-order chi connectivity index (χ0) is 25.3. The van der Waals surface area contributed by atoms with Crippen LogP contribution in [0.4, 0.5) is 0 Å². The minimum absolute atomic E-state index is 0.0462. The molecular formula is C27H39N3O4S. The minimum Gasteiger partial charge on any atom is -0.469 e. The topological polar surface area (TPSA) is 79.0 Å². The van der Waals surface area contributed by atoms with Gasteiger partial charge in [0.2, 0.25) is 10.0 Å². The average Bonchev–Trinajstić information content (AvgIpc) is 2.90. The van der Waals surface area contributed by atoms with E-state index in [1.165, 1.54) is 11.4 Å². The fourth-order valence-electron chi connectivity index (χ4n) is 4.78. The van der Waals surface area contributed by atoms with Crippen molar-refractivity contribution in [2.75, 3.05) is 40.3 Å². The number of ether oxygens (including phenoxy) is 1. The number of methoxy groups -OCH3 is 1. The number of rotatable bonds is 12. The molecule has 3 atom stereocenters. The van der Waals surface area contributed by atoms with E-state index in [9.17, 15) is 13.2 Å². The zero-order valence-corrected chi connectivity index (χ0v) is 21.9. The quantitative estimate of drug-likeness (QED) is 0.447. The molecular weight excluding hydrogens is 462 g/mol. The van der Waals surface area contributed by atoms with E-state index in [2.05, 4.69) is 29.3 Å². The number of esters is 1. The van der Waals surface area contributed by atoms with Crippen LogP contribution in [0, 0.1) is 5.92 Å². The van der Waals surface area contributed by atoms with Crippen LogP contribution in [-0.2, 0) is 19.6 Å². The Kier molecular flexibility index (Phi) is 10.3. The van der Waals surface area contributed by atoms with Crippen LogP contribution in [0.5, 0.6) is 0 Å². The highest BCUT2D eigenvalue weighted by Gasteiger charge is 2.33. The summed E-state index contributed by atoms with van der Waals surface area (Å²) in [6, 6.07) is 18.7. The fraction of sp³-hybridized carbons (Fsp3) is 0.519. The van der Waals surface area contributed by atoms with Crippen molar-refractivity contribution >= 4 is 16.0 Å². The summed E-state index contributed by atoms with van der Waals surface area (Å²) in [5.74, 6) is -0.176. The highest BCUT2D eigenvalue weighted by Crippen LogP contribution is 2.27. The summed E-state index contributed by atoms with van der Waals surface area (Å²) in [5.41, 5.74) is 1.13. The predicted octanol–water partition coefficient (Wildman–Crippen LogP) is 3.69. The van der Waals surface area contributed by atoms with Gasteiger partial charge in [-0.05, 0) is 55.8 Å². The first-order chi connectivity index (χ1) is 16.9. The van der Waals surface area contributed by atoms with Crippen molar-refractivity contribution in [2.45, 2.75) is 49.6 Å². The van der Waals surface area contributed by atoms with Crippen LogP contribution in [0.15, 0.2) is 65.6 Å². The number of likely N-dealkylation sites (N-methyl/N-ethyl adjacent to an activating group) is 1. The molecule has 1 fully saturated rings. The molecule has 2 aromatic carbocycles. The number of benzene rings is 2. The van der Waals surface area contributed by atoms with Crippen molar-refractivity contribution < 1.29 is 17.9 Å². The summed E-state index contributed by atoms with van der Waals surface area (Å²) in [6.45, 7) is 5.03. The van der Waals surface area contributed by atoms with Gasteiger partial charge in [-0.3, -0.25) is 9.69 Å². The Morgan fingerprint density at radius 1 is 1.14 bits per heavy atom. The summed E-state index contributed by atoms with van der Waals surface area (Å²) in [5, 5.41) is 3.59. The molecule has 0 radical (unpaired) electrons. The maximum absolute atomic E-state index is 13.2. The highest BCUT2D eigenvalue weighted by molar-refractivity contribution is 7.89. The Morgan fingerprint density at radius 2 is 1.80 bits per heavy atom. The standard InChI is InChI=1S/C27H39N3O4S/c1-4-17-28-26-20-23(27(31)34-3)15-18-30(26)19-16-24(22-11-7-5-8-12-22)21-29(2)35(32,33)25-13-9-6-10-14-25/h5-14,23-24,26,28H,4,15-21H2,1-3H3. The number of hydrogen-bond acceptors (Lipinski definition) is 6. The van der Waals surface area contributed by atoms with Crippen molar-refractivity contribution in [1.29, 1.82) is 0 Å². The number of hydrogen-bond donors (Lipinski definition) is 1. The third-order valence-corrected chi connectivity index (χ3v) is 8.68. The van der Waals surface area contributed by atoms with Crippen molar-refractivity contribution in [1.82, 2.24) is 14.5 Å². The van der Waals surface area contributed by atoms with Crippen molar-refractivity contribution in [3.05, 3.63) is 66.2 Å². The van der Waals surface area contributed by atoms with E-state index in [4.69, 9.17) is 4.74 Å². The second-order valence-electron chi connectivity index (χ2n) is 9.25. The third kappa shape index (κ3) is 7.36. The van der Waals surface area contributed by atoms with Crippen LogP contribution in [0.1, 0.15) is 44.1 Å². The molecule has 1 aliphatic heterocycles. The summed E-state index contributed by atoms with van der Waals surface area (Å²) in [4.78, 5) is 14.9. The lowest BCUT2D eigenvalue weighted by Gasteiger charge is -2.40. The van der Waals surface area contributed by atoms with E-state index in [0.717, 1.165) is 50.9 Å². The van der Waals surface area contributed by atoms with Crippen LogP contribution in [0.3, 0.4) is 0 Å². The molecule has 1 saturated heterocycles. The van der Waals surface area contributed by atoms with Crippen LogP contribution in [-0.4, -0.2) is 70.1 Å². The van der Waals surface area contributed by atoms with Crippen LogP contribution in [0.25, 0.3) is 0 Å². The molecule has 3 rings (SSSR count). The molecule has 1 heterocycles. The number of piperidine rings is 1. The van der Waals surface area contributed by atoms with Gasteiger partial charge in [0.05, 0.1) is 24.1 Å². The number of nitrogens with zero attached hydrogens (tertiary/aromatic N) is 2. The Balaban J connectivity index is 1.73. The van der Waals surface area contributed by atoms with Crippen LogP contribution < -0.4 is 5.32 Å². The molecule has 1 aliphatic rings. The first-order valence-corrected chi connectivity index (χ1v) is 13.9. The maximum Gasteiger partial charge on any atom is 0.308 e. The van der Waals surface area contributed by atoms with Gasteiger partial charge in [0, 0.05) is 26.7 Å². The molecule has 1 N–H and O–H groups in total. The van der Waals surface area contributed by atoms with Crippen LogP contribution >= 0.6 is 0 Å². The van der Waals surface area contributed by atoms with Gasteiger partial charge < -0.3 is 10.1 Å². The molecule has 7 nitrogen and oxygen atoms in total. The number of carbonyl (C=O) groups is 1. The van der Waals surface area contributed by atoms with E-state index in [0.29, 0.717) is 11.4 Å². The Labute approximate surface area is 210 Å². The van der Waals surface area contributed by atoms with Crippen molar-refractivity contribution in [2.24, 2.45) is 5.92 Å². The molecule has 0 amide bonds. The van der Waals surface area contributed by atoms with Gasteiger partial charge in [0.15, 0.2) is 0 Å². The van der Waals surface area contributed by atoms with Gasteiger partial charge in [0.1, 0.15) is 0 Å². The maximum atomic E-state index is 13.2. The largest absolute Gasteiger partial charge is 0.469 e. The lowest BCUT2D eigenvalue weighted by Crippen LogP contribution is -2.52. The molecule has 0 bridgehead atoms. The first-order valence-electron chi connectivity index (χ1n) is 12.5. The van der Waals surface area contributed by atoms with Gasteiger partial charge >= 0.3 is 5.97 Å². The SMILES string of the molecule is CCCNC1CC(C(=O)OC)CCN1CCC(CN(C)S(=O)(=O)c1ccccc1)c1ccccc1. The normalized spacial score (nSPS) is 20.0. The summed E-state index contributed by atoms with van der Waals surface area (Å²) < 4.78 is 32.8. The second kappa shape index (κ2) is 13.2. The van der Waals surface area contributed by atoms with E-state index in [-0.39, 0.29) is 24.0 Å². The lowest BCUT2D eigenvalue weighted by molar-refractivity contribution is -0.148. The molecule has 192 valence electrons. The van der Waals surface area contributed by atoms with E-state index in [1.54, 1.807) is 31.3 Å². The number of sulfonamides is 1. The Hall–Kier alpha value is -2.26. The molecule has 8 heteroatoms. The predicted molar refractivity (Wildman–Crippen MR) is 138 cm³/mol. The van der Waals surface area contributed by atoms with E-state index >= 15 is 0 Å². The molecule has 0 spiro atoms. The average molecular weight is 502 g/mol. The van der Waals surface area contributed by atoms with E-state index in [1.807, 2.05) is 24.3 Å². The number of likely N-dealkylation sites (tertiary alicyclic amines) is 1. The van der Waals surface area contributed by atoms with Crippen molar-refractivity contribution in [3.63, 3.8) is 0 Å². The molecule has 3 unspecified atom stereocenters. The van der Waals surface area contributed by atoms with Gasteiger partial charge in [-0.15, -0.1) is 0 Å². The molecule has 2 aromatic rings. The fourth-order valence-corrected chi connectivity index (χ4v) is 6.01. The summed E-state index contributed by atoms with van der Waals surface area (Å²) in [7, 11) is -0.461. The second-order valence-corrected chi connectivity index (χ2v) is 11.3. The zero-order valence-electron chi connectivity index (χ0n) is 21.1. The number of carbonyl (C=O) groups excluding carboxylic acids is 1. The molecule has 0 saturated carbocycles. The molecule has 0 aromatic heterocycles. The molecule has 35 heavy (non-hydrogen) atoms. The van der Waals surface area contributed by atoms with Gasteiger partial charge in [-0.1, -0.05) is 55.5 Å². The number of nitrogens with one attached hydrogen (secondary N) is 1. The van der Waals surface area contributed by atoms with Gasteiger partial charge in [-0.2, -0.15) is 0 Å². The third-order valence-electron chi connectivity index (χ3n) is 6.84. The Bertz CT molecular complexity index is 1020. The van der Waals surface area contributed by atoms with Crippen molar-refractivity contribution in [3.8, 4) is 0 Å². The van der Waals surface area contributed by atoms with Gasteiger partial charge in [-0.25, -0.2) is 12.7 Å². The van der Waals surface area contributed by atoms with Crippen LogP contribution in [0.2, 0.25) is 0 Å². The highest BCUT2D eigenvalue weighted by atomic mass is 32.2. The summed E-state index contributed by atoms with van der Waals surface area (Å²) >= 11 is 0. The monoisotopic (exact) mass is 501 g/mol. The molecule has 0 aliphatic carbocycles. The smallest absolute Gasteiger partial charge is 0.308 e. The Morgan fingerprint density at radius 3 is 2.43 bits per heavy atom.